The highest BCUT2D eigenvalue weighted by Gasteiger charge is 2.52. The molecule has 5 heteroatoms. The van der Waals surface area contributed by atoms with Gasteiger partial charge >= 0.3 is 5.97 Å². The van der Waals surface area contributed by atoms with E-state index in [0.717, 1.165) is 29.8 Å². The van der Waals surface area contributed by atoms with E-state index in [1.807, 2.05) is 35.2 Å². The Labute approximate surface area is 146 Å². The molecule has 2 aliphatic heterocycles. The average Bonchev–Trinajstić information content (AvgIpc) is 3.23. The third-order valence-electron chi connectivity index (χ3n) is 5.24. The van der Waals surface area contributed by atoms with Crippen molar-refractivity contribution in [3.63, 3.8) is 0 Å². The zero-order chi connectivity index (χ0) is 17.4. The highest BCUT2D eigenvalue weighted by molar-refractivity contribution is 6.08. The second kappa shape index (κ2) is 6.01. The number of hydrogen-bond donors (Lipinski definition) is 1. The van der Waals surface area contributed by atoms with Crippen molar-refractivity contribution in [3.8, 4) is 0 Å². The van der Waals surface area contributed by atoms with Crippen molar-refractivity contribution >= 4 is 17.6 Å². The fourth-order valence-corrected chi connectivity index (χ4v) is 3.90. The number of amides is 1. The lowest BCUT2D eigenvalue weighted by molar-refractivity contribution is -0.122. The van der Waals surface area contributed by atoms with Gasteiger partial charge in [0.15, 0.2) is 0 Å². The summed E-state index contributed by atoms with van der Waals surface area (Å²) < 4.78 is 4.73. The number of hydrogen-bond acceptors (Lipinski definition) is 4. The lowest BCUT2D eigenvalue weighted by atomic mass is 9.81. The van der Waals surface area contributed by atoms with Crippen LogP contribution in [0.2, 0.25) is 0 Å². The number of ether oxygens (including phenoxy) is 1. The topological polar surface area (TPSA) is 58.6 Å². The number of benzene rings is 2. The number of fused-ring (bicyclic) bond motifs is 2. The molecule has 0 aromatic heterocycles. The van der Waals surface area contributed by atoms with Gasteiger partial charge in [-0.2, -0.15) is 0 Å². The van der Waals surface area contributed by atoms with Gasteiger partial charge in [-0.25, -0.2) is 4.79 Å². The first kappa shape index (κ1) is 15.8. The molecule has 1 saturated heterocycles. The van der Waals surface area contributed by atoms with Gasteiger partial charge in [0.25, 0.3) is 0 Å². The van der Waals surface area contributed by atoms with E-state index in [4.69, 9.17) is 4.74 Å². The number of methoxy groups -OCH3 is 1. The maximum atomic E-state index is 13.2. The molecule has 1 atom stereocenters. The van der Waals surface area contributed by atoms with Crippen LogP contribution < -0.4 is 10.2 Å². The van der Waals surface area contributed by atoms with Crippen LogP contribution in [0.5, 0.6) is 0 Å². The normalized spacial score (nSPS) is 21.6. The maximum Gasteiger partial charge on any atom is 0.337 e. The quantitative estimate of drug-likeness (QED) is 0.874. The lowest BCUT2D eigenvalue weighted by Gasteiger charge is -2.23. The van der Waals surface area contributed by atoms with Gasteiger partial charge in [-0.05, 0) is 42.3 Å². The number of anilines is 1. The first-order valence-electron chi connectivity index (χ1n) is 8.45. The highest BCUT2D eigenvalue weighted by atomic mass is 16.5. The highest BCUT2D eigenvalue weighted by Crippen LogP contribution is 2.45. The van der Waals surface area contributed by atoms with E-state index in [9.17, 15) is 9.59 Å². The molecule has 0 saturated carbocycles. The minimum atomic E-state index is -0.428. The van der Waals surface area contributed by atoms with Crippen molar-refractivity contribution in [1.29, 1.82) is 0 Å². The molecule has 2 aliphatic rings. The van der Waals surface area contributed by atoms with E-state index in [1.54, 1.807) is 12.1 Å². The van der Waals surface area contributed by atoms with Gasteiger partial charge in [0.2, 0.25) is 5.91 Å². The Bertz CT molecular complexity index is 823. The monoisotopic (exact) mass is 336 g/mol. The molecule has 1 amide bonds. The van der Waals surface area contributed by atoms with E-state index < -0.39 is 5.41 Å². The predicted molar refractivity (Wildman–Crippen MR) is 94.6 cm³/mol. The third-order valence-corrected chi connectivity index (χ3v) is 5.24. The molecule has 1 fully saturated rings. The maximum absolute atomic E-state index is 13.2. The Hall–Kier alpha value is -2.66. The summed E-state index contributed by atoms with van der Waals surface area (Å²) in [7, 11) is 1.37. The Morgan fingerprint density at radius 3 is 2.64 bits per heavy atom. The summed E-state index contributed by atoms with van der Waals surface area (Å²) >= 11 is 0. The predicted octanol–water partition coefficient (Wildman–Crippen LogP) is 2.25. The van der Waals surface area contributed by atoms with E-state index in [2.05, 4.69) is 11.4 Å². The molecule has 0 radical (unpaired) electrons. The molecule has 1 unspecified atom stereocenters. The minimum absolute atomic E-state index is 0.163. The molecule has 2 aromatic rings. The zero-order valence-corrected chi connectivity index (χ0v) is 14.1. The zero-order valence-electron chi connectivity index (χ0n) is 14.1. The number of carbonyl (C=O) groups is 2. The average molecular weight is 336 g/mol. The van der Waals surface area contributed by atoms with Crippen molar-refractivity contribution in [3.05, 3.63) is 65.2 Å². The Morgan fingerprint density at radius 2 is 1.96 bits per heavy atom. The summed E-state index contributed by atoms with van der Waals surface area (Å²) in [5.74, 6) is -0.194. The number of para-hydroxylation sites is 1. The molecular formula is C20H20N2O3. The summed E-state index contributed by atoms with van der Waals surface area (Å²) in [5.41, 5.74) is 3.18. The SMILES string of the molecule is COC(=O)c1ccc(CN2C(=O)C3(CCNC3)c3ccccc32)cc1. The van der Waals surface area contributed by atoms with Crippen LogP contribution in [-0.2, 0) is 21.5 Å². The van der Waals surface area contributed by atoms with E-state index >= 15 is 0 Å². The van der Waals surface area contributed by atoms with Crippen molar-refractivity contribution in [1.82, 2.24) is 5.32 Å². The van der Waals surface area contributed by atoms with Crippen LogP contribution in [0.3, 0.4) is 0 Å². The van der Waals surface area contributed by atoms with E-state index in [1.165, 1.54) is 7.11 Å². The van der Waals surface area contributed by atoms with Crippen molar-refractivity contribution in [2.45, 2.75) is 18.4 Å². The van der Waals surface area contributed by atoms with Crippen LogP contribution in [0.25, 0.3) is 0 Å². The van der Waals surface area contributed by atoms with Gasteiger partial charge in [0.05, 0.1) is 24.6 Å². The Balaban J connectivity index is 1.65. The summed E-state index contributed by atoms with van der Waals surface area (Å²) in [6.45, 7) is 2.06. The summed E-state index contributed by atoms with van der Waals surface area (Å²) in [4.78, 5) is 26.7. The second-order valence-corrected chi connectivity index (χ2v) is 6.61. The molecular weight excluding hydrogens is 316 g/mol. The van der Waals surface area contributed by atoms with Crippen LogP contribution in [0.15, 0.2) is 48.5 Å². The van der Waals surface area contributed by atoms with Crippen LogP contribution in [0.4, 0.5) is 5.69 Å². The summed E-state index contributed by atoms with van der Waals surface area (Å²) in [6.07, 6.45) is 0.834. The van der Waals surface area contributed by atoms with Gasteiger partial charge in [-0.15, -0.1) is 0 Å². The summed E-state index contributed by atoms with van der Waals surface area (Å²) in [6, 6.07) is 15.3. The molecule has 1 spiro atoms. The number of carbonyl (C=O) groups excluding carboxylic acids is 2. The third kappa shape index (κ3) is 2.43. The van der Waals surface area contributed by atoms with Crippen LogP contribution in [-0.4, -0.2) is 32.1 Å². The summed E-state index contributed by atoms with van der Waals surface area (Å²) in [5, 5.41) is 3.34. The molecule has 2 heterocycles. The van der Waals surface area contributed by atoms with Crippen LogP contribution in [0, 0.1) is 0 Å². The molecule has 0 aliphatic carbocycles. The van der Waals surface area contributed by atoms with Gasteiger partial charge < -0.3 is 15.0 Å². The minimum Gasteiger partial charge on any atom is -0.465 e. The van der Waals surface area contributed by atoms with E-state index in [-0.39, 0.29) is 11.9 Å². The first-order valence-corrected chi connectivity index (χ1v) is 8.45. The Morgan fingerprint density at radius 1 is 1.20 bits per heavy atom. The largest absolute Gasteiger partial charge is 0.465 e. The lowest BCUT2D eigenvalue weighted by Crippen LogP contribution is -2.41. The van der Waals surface area contributed by atoms with Crippen LogP contribution >= 0.6 is 0 Å². The van der Waals surface area contributed by atoms with Crippen LogP contribution in [0.1, 0.15) is 27.9 Å². The van der Waals surface area contributed by atoms with Gasteiger partial charge in [-0.3, -0.25) is 4.79 Å². The van der Waals surface area contributed by atoms with Gasteiger partial charge in [-0.1, -0.05) is 30.3 Å². The number of esters is 1. The number of rotatable bonds is 3. The van der Waals surface area contributed by atoms with Crippen molar-refractivity contribution in [2.24, 2.45) is 0 Å². The standard InChI is InChI=1S/C20H20N2O3/c1-25-18(23)15-8-6-14(7-9-15)12-22-17-5-3-2-4-16(17)20(19(22)24)10-11-21-13-20/h2-9,21H,10-13H2,1H3. The molecule has 0 bridgehead atoms. The second-order valence-electron chi connectivity index (χ2n) is 6.61. The molecule has 5 nitrogen and oxygen atoms in total. The van der Waals surface area contributed by atoms with Crippen molar-refractivity contribution in [2.75, 3.05) is 25.1 Å². The molecule has 1 N–H and O–H groups in total. The molecule has 25 heavy (non-hydrogen) atoms. The van der Waals surface area contributed by atoms with Gasteiger partial charge in [0.1, 0.15) is 0 Å². The number of nitrogens with one attached hydrogen (secondary N) is 1. The molecule has 128 valence electrons. The number of nitrogens with zero attached hydrogens (tertiary/aromatic N) is 1. The molecule has 2 aromatic carbocycles. The fraction of sp³-hybridized carbons (Fsp3) is 0.300. The van der Waals surface area contributed by atoms with E-state index in [0.29, 0.717) is 18.7 Å². The first-order chi connectivity index (χ1) is 12.2. The Kier molecular flexibility index (Phi) is 3.81. The van der Waals surface area contributed by atoms with Gasteiger partial charge in [0, 0.05) is 12.2 Å². The fourth-order valence-electron chi connectivity index (χ4n) is 3.90. The molecule has 4 rings (SSSR count). The van der Waals surface area contributed by atoms with Crippen molar-refractivity contribution < 1.29 is 14.3 Å². The smallest absolute Gasteiger partial charge is 0.337 e.